The van der Waals surface area contributed by atoms with Gasteiger partial charge in [0.15, 0.2) is 0 Å². The molecule has 0 aliphatic carbocycles. The lowest BCUT2D eigenvalue weighted by Gasteiger charge is -2.30. The Morgan fingerprint density at radius 3 is 2.22 bits per heavy atom. The summed E-state index contributed by atoms with van der Waals surface area (Å²) < 4.78 is 11.3. The van der Waals surface area contributed by atoms with Crippen molar-refractivity contribution in [2.75, 3.05) is 26.3 Å². The molecular weight excluding hydrogens is 346 g/mol. The lowest BCUT2D eigenvalue weighted by molar-refractivity contribution is -0.143. The lowest BCUT2D eigenvalue weighted by atomic mass is 9.96. The second-order valence-electron chi connectivity index (χ2n) is 6.44. The van der Waals surface area contributed by atoms with Gasteiger partial charge >= 0.3 is 5.97 Å². The summed E-state index contributed by atoms with van der Waals surface area (Å²) in [6, 6.07) is 16.6. The molecule has 1 saturated heterocycles. The number of carboxylic acid groups (broad SMARTS) is 1. The number of nitrogens with zero attached hydrogens (tertiary/aromatic N) is 1. The number of carboxylic acids is 1. The molecule has 0 unspecified atom stereocenters. The zero-order valence-corrected chi connectivity index (χ0v) is 15.0. The van der Waals surface area contributed by atoms with Crippen molar-refractivity contribution in [2.45, 2.75) is 12.8 Å². The summed E-state index contributed by atoms with van der Waals surface area (Å²) in [6.07, 6.45) is 0.988. The second-order valence-corrected chi connectivity index (χ2v) is 6.44. The molecule has 1 heterocycles. The molecule has 6 nitrogen and oxygen atoms in total. The molecule has 2 aromatic rings. The van der Waals surface area contributed by atoms with Crippen LogP contribution >= 0.6 is 0 Å². The first-order valence-electron chi connectivity index (χ1n) is 9.06. The molecule has 1 amide bonds. The average molecular weight is 369 g/mol. The quantitative estimate of drug-likeness (QED) is 0.759. The predicted molar refractivity (Wildman–Crippen MR) is 100 cm³/mol. The SMILES string of the molecule is O=C(O)C1CCN(C(=O)c2cccc(OCCOc3ccccc3)c2)CC1. The third-order valence-electron chi connectivity index (χ3n) is 4.58. The van der Waals surface area contributed by atoms with Gasteiger partial charge in [0.05, 0.1) is 5.92 Å². The van der Waals surface area contributed by atoms with Crippen molar-refractivity contribution < 1.29 is 24.2 Å². The number of para-hydroxylation sites is 1. The normalized spacial score (nSPS) is 14.6. The Morgan fingerprint density at radius 1 is 0.926 bits per heavy atom. The molecule has 1 N–H and O–H groups in total. The van der Waals surface area contributed by atoms with E-state index in [1.54, 1.807) is 29.2 Å². The number of piperidine rings is 1. The molecule has 1 aliphatic heterocycles. The van der Waals surface area contributed by atoms with E-state index in [1.165, 1.54) is 0 Å². The fourth-order valence-electron chi connectivity index (χ4n) is 3.07. The van der Waals surface area contributed by atoms with E-state index in [9.17, 15) is 9.59 Å². The third-order valence-corrected chi connectivity index (χ3v) is 4.58. The van der Waals surface area contributed by atoms with E-state index in [1.807, 2.05) is 30.3 Å². The number of benzene rings is 2. The fourth-order valence-corrected chi connectivity index (χ4v) is 3.07. The maximum Gasteiger partial charge on any atom is 0.306 e. The van der Waals surface area contributed by atoms with Crippen LogP contribution in [0.25, 0.3) is 0 Å². The van der Waals surface area contributed by atoms with E-state index < -0.39 is 5.97 Å². The van der Waals surface area contributed by atoms with E-state index in [2.05, 4.69) is 0 Å². The summed E-state index contributed by atoms with van der Waals surface area (Å²) in [5.74, 6) is 0.168. The van der Waals surface area contributed by atoms with Crippen LogP contribution in [-0.2, 0) is 4.79 Å². The van der Waals surface area contributed by atoms with Crippen LogP contribution in [0.2, 0.25) is 0 Å². The number of rotatable bonds is 7. The Balaban J connectivity index is 1.49. The number of ether oxygens (including phenoxy) is 2. The van der Waals surface area contributed by atoms with Crippen molar-refractivity contribution >= 4 is 11.9 Å². The molecule has 27 heavy (non-hydrogen) atoms. The molecule has 0 atom stereocenters. The topological polar surface area (TPSA) is 76.1 Å². The van der Waals surface area contributed by atoms with Gasteiger partial charge in [0.2, 0.25) is 0 Å². The number of carbonyl (C=O) groups excluding carboxylic acids is 1. The number of carbonyl (C=O) groups is 2. The molecule has 1 fully saturated rings. The molecule has 0 aromatic heterocycles. The molecule has 1 aliphatic rings. The summed E-state index contributed by atoms with van der Waals surface area (Å²) >= 11 is 0. The van der Waals surface area contributed by atoms with Crippen LogP contribution in [0, 0.1) is 5.92 Å². The van der Waals surface area contributed by atoms with Gasteiger partial charge in [-0.05, 0) is 43.2 Å². The Bertz CT molecular complexity index is 769. The molecule has 142 valence electrons. The molecule has 0 radical (unpaired) electrons. The zero-order valence-electron chi connectivity index (χ0n) is 15.0. The predicted octanol–water partition coefficient (Wildman–Crippen LogP) is 3.08. The molecule has 0 bridgehead atoms. The van der Waals surface area contributed by atoms with E-state index in [0.29, 0.717) is 50.5 Å². The van der Waals surface area contributed by atoms with Gasteiger partial charge in [0, 0.05) is 18.7 Å². The minimum atomic E-state index is -0.782. The van der Waals surface area contributed by atoms with Crippen LogP contribution in [0.4, 0.5) is 0 Å². The molecule has 0 saturated carbocycles. The number of likely N-dealkylation sites (tertiary alicyclic amines) is 1. The van der Waals surface area contributed by atoms with Crippen LogP contribution in [0.5, 0.6) is 11.5 Å². The van der Waals surface area contributed by atoms with Gasteiger partial charge < -0.3 is 19.5 Å². The van der Waals surface area contributed by atoms with E-state index >= 15 is 0 Å². The van der Waals surface area contributed by atoms with Crippen molar-refractivity contribution in [1.82, 2.24) is 4.90 Å². The minimum Gasteiger partial charge on any atom is -0.490 e. The first-order chi connectivity index (χ1) is 13.1. The highest BCUT2D eigenvalue weighted by Gasteiger charge is 2.27. The standard InChI is InChI=1S/C21H23NO5/c23-20(22-11-9-16(10-12-22)21(24)25)17-5-4-8-19(15-17)27-14-13-26-18-6-2-1-3-7-18/h1-8,15-16H,9-14H2,(H,24,25). The minimum absolute atomic E-state index is 0.0928. The van der Waals surface area contributed by atoms with Crippen molar-refractivity contribution in [3.8, 4) is 11.5 Å². The van der Waals surface area contributed by atoms with E-state index in [4.69, 9.17) is 14.6 Å². The summed E-state index contributed by atoms with van der Waals surface area (Å²) in [6.45, 7) is 1.71. The maximum absolute atomic E-state index is 12.6. The van der Waals surface area contributed by atoms with E-state index in [0.717, 1.165) is 5.75 Å². The number of hydrogen-bond donors (Lipinski definition) is 1. The van der Waals surface area contributed by atoms with Gasteiger partial charge in [-0.2, -0.15) is 0 Å². The smallest absolute Gasteiger partial charge is 0.306 e. The number of hydrogen-bond acceptors (Lipinski definition) is 4. The summed E-state index contributed by atoms with van der Waals surface area (Å²) in [5.41, 5.74) is 0.547. The molecule has 2 aromatic carbocycles. The van der Waals surface area contributed by atoms with Crippen LogP contribution in [0.15, 0.2) is 54.6 Å². The zero-order chi connectivity index (χ0) is 19.1. The highest BCUT2D eigenvalue weighted by Crippen LogP contribution is 2.21. The Morgan fingerprint density at radius 2 is 1.56 bits per heavy atom. The van der Waals surface area contributed by atoms with Crippen molar-refractivity contribution in [3.05, 3.63) is 60.2 Å². The first-order valence-corrected chi connectivity index (χ1v) is 9.06. The van der Waals surface area contributed by atoms with Crippen LogP contribution in [0.3, 0.4) is 0 Å². The summed E-state index contributed by atoms with van der Waals surface area (Å²) in [7, 11) is 0. The Kier molecular flexibility index (Phi) is 6.30. The molecule has 0 spiro atoms. The van der Waals surface area contributed by atoms with Gasteiger partial charge in [-0.3, -0.25) is 9.59 Å². The van der Waals surface area contributed by atoms with Crippen molar-refractivity contribution in [3.63, 3.8) is 0 Å². The Labute approximate surface area is 158 Å². The third kappa shape index (κ3) is 5.23. The maximum atomic E-state index is 12.6. The molecule has 3 rings (SSSR count). The number of amides is 1. The molecular formula is C21H23NO5. The fraction of sp³-hybridized carbons (Fsp3) is 0.333. The monoisotopic (exact) mass is 369 g/mol. The van der Waals surface area contributed by atoms with E-state index in [-0.39, 0.29) is 11.8 Å². The highest BCUT2D eigenvalue weighted by molar-refractivity contribution is 5.94. The van der Waals surface area contributed by atoms with Gasteiger partial charge in [0.1, 0.15) is 24.7 Å². The van der Waals surface area contributed by atoms with Crippen molar-refractivity contribution in [2.24, 2.45) is 5.92 Å². The van der Waals surface area contributed by atoms with Gasteiger partial charge in [-0.15, -0.1) is 0 Å². The number of aliphatic carboxylic acids is 1. The van der Waals surface area contributed by atoms with Crippen molar-refractivity contribution in [1.29, 1.82) is 0 Å². The van der Waals surface area contributed by atoms with Gasteiger partial charge in [-0.25, -0.2) is 0 Å². The van der Waals surface area contributed by atoms with Gasteiger partial charge in [0.25, 0.3) is 5.91 Å². The highest BCUT2D eigenvalue weighted by atomic mass is 16.5. The largest absolute Gasteiger partial charge is 0.490 e. The van der Waals surface area contributed by atoms with Gasteiger partial charge in [-0.1, -0.05) is 24.3 Å². The van der Waals surface area contributed by atoms with Crippen LogP contribution in [0.1, 0.15) is 23.2 Å². The summed E-state index contributed by atoms with van der Waals surface area (Å²) in [4.78, 5) is 25.4. The lowest BCUT2D eigenvalue weighted by Crippen LogP contribution is -2.40. The van der Waals surface area contributed by atoms with Crippen LogP contribution < -0.4 is 9.47 Å². The van der Waals surface area contributed by atoms with Crippen LogP contribution in [-0.4, -0.2) is 48.2 Å². The Hall–Kier alpha value is -3.02. The first kappa shape index (κ1) is 18.8. The molecule has 6 heteroatoms. The second kappa shape index (κ2) is 9.07. The average Bonchev–Trinajstić information content (AvgIpc) is 2.72. The summed E-state index contributed by atoms with van der Waals surface area (Å²) in [5, 5.41) is 9.06.